The number of nitrogens with one attached hydrogen (secondary N) is 1. The predicted octanol–water partition coefficient (Wildman–Crippen LogP) is 4.19. The number of hydrogen-bond donors (Lipinski definition) is 2. The molecule has 1 amide bonds. The average Bonchev–Trinajstić information content (AvgIpc) is 3.14. The Bertz CT molecular complexity index is 816. The molecular formula is C22H29N3OS. The van der Waals surface area contributed by atoms with Gasteiger partial charge < -0.3 is 11.1 Å². The Morgan fingerprint density at radius 3 is 2.74 bits per heavy atom. The van der Waals surface area contributed by atoms with Gasteiger partial charge in [0.25, 0.3) is 5.91 Å². The highest BCUT2D eigenvalue weighted by Crippen LogP contribution is 2.61. The summed E-state index contributed by atoms with van der Waals surface area (Å²) in [6.45, 7) is 7.04. The maximum absolute atomic E-state index is 12.7. The van der Waals surface area contributed by atoms with Gasteiger partial charge in [-0.2, -0.15) is 0 Å². The number of fused-ring (bicyclic) bond motifs is 2. The van der Waals surface area contributed by atoms with E-state index in [1.807, 2.05) is 23.6 Å². The van der Waals surface area contributed by atoms with Crippen LogP contribution in [-0.4, -0.2) is 16.9 Å². The summed E-state index contributed by atoms with van der Waals surface area (Å²) in [5.41, 5.74) is 8.43. The van der Waals surface area contributed by atoms with Crippen molar-refractivity contribution in [2.75, 3.05) is 0 Å². The largest absolute Gasteiger partial charge is 0.348 e. The quantitative estimate of drug-likeness (QED) is 0.814. The molecule has 27 heavy (non-hydrogen) atoms. The summed E-state index contributed by atoms with van der Waals surface area (Å²) in [5, 5.41) is 5.91. The number of hydrogen-bond acceptors (Lipinski definition) is 4. The first-order valence-corrected chi connectivity index (χ1v) is 10.8. The molecule has 3 saturated carbocycles. The predicted molar refractivity (Wildman–Crippen MR) is 110 cm³/mol. The van der Waals surface area contributed by atoms with Gasteiger partial charge in [0.05, 0.1) is 6.04 Å². The molecular weight excluding hydrogens is 354 g/mol. The molecule has 2 bridgehead atoms. The smallest absolute Gasteiger partial charge is 0.270 e. The molecule has 3 aliphatic rings. The van der Waals surface area contributed by atoms with Crippen molar-refractivity contribution in [1.29, 1.82) is 0 Å². The van der Waals surface area contributed by atoms with Crippen molar-refractivity contribution in [3.8, 4) is 0 Å². The minimum absolute atomic E-state index is 0.0552. The second kappa shape index (κ2) is 7.02. The fraction of sp³-hybridized carbons (Fsp3) is 0.545. The van der Waals surface area contributed by atoms with E-state index < -0.39 is 0 Å². The normalized spacial score (nSPS) is 29.6. The summed E-state index contributed by atoms with van der Waals surface area (Å²) in [6, 6.07) is 10.2. The van der Waals surface area contributed by atoms with Gasteiger partial charge in [-0.3, -0.25) is 4.79 Å². The van der Waals surface area contributed by atoms with Crippen LogP contribution in [0.15, 0.2) is 35.7 Å². The first-order valence-electron chi connectivity index (χ1n) is 9.92. The van der Waals surface area contributed by atoms with E-state index in [1.54, 1.807) is 0 Å². The van der Waals surface area contributed by atoms with E-state index in [-0.39, 0.29) is 18.0 Å². The third-order valence-electron chi connectivity index (χ3n) is 7.04. The van der Waals surface area contributed by atoms with Gasteiger partial charge in [0, 0.05) is 11.4 Å². The number of nitrogens with two attached hydrogens (primary N) is 1. The minimum atomic E-state index is -0.180. The van der Waals surface area contributed by atoms with Crippen LogP contribution in [0.5, 0.6) is 0 Å². The van der Waals surface area contributed by atoms with Gasteiger partial charge in [-0.15, -0.1) is 11.3 Å². The molecule has 5 rings (SSSR count). The van der Waals surface area contributed by atoms with Crippen LogP contribution in [0.2, 0.25) is 0 Å². The SMILES string of the molecule is CC1C(NC(=O)c2csc(C(N)Cc3ccccc3)n2)CC2CC1C2(C)C. The lowest BCUT2D eigenvalue weighted by Gasteiger charge is -2.62. The molecule has 5 heteroatoms. The van der Waals surface area contributed by atoms with Crippen molar-refractivity contribution in [2.24, 2.45) is 28.9 Å². The number of carbonyl (C=O) groups is 1. The molecule has 5 atom stereocenters. The van der Waals surface area contributed by atoms with Crippen molar-refractivity contribution in [2.45, 2.75) is 52.1 Å². The van der Waals surface area contributed by atoms with E-state index in [2.05, 4.69) is 43.2 Å². The zero-order valence-electron chi connectivity index (χ0n) is 16.3. The Morgan fingerprint density at radius 2 is 2.07 bits per heavy atom. The lowest BCUT2D eigenvalue weighted by Crippen LogP contribution is -2.60. The van der Waals surface area contributed by atoms with Crippen LogP contribution >= 0.6 is 11.3 Å². The molecule has 0 spiro atoms. The molecule has 2 aromatic rings. The van der Waals surface area contributed by atoms with Crippen LogP contribution < -0.4 is 11.1 Å². The van der Waals surface area contributed by atoms with Gasteiger partial charge in [0.1, 0.15) is 10.7 Å². The van der Waals surface area contributed by atoms with Crippen LogP contribution in [-0.2, 0) is 6.42 Å². The average molecular weight is 384 g/mol. The third kappa shape index (κ3) is 3.43. The molecule has 4 nitrogen and oxygen atoms in total. The third-order valence-corrected chi connectivity index (χ3v) is 8.02. The van der Waals surface area contributed by atoms with E-state index >= 15 is 0 Å². The maximum atomic E-state index is 12.7. The van der Waals surface area contributed by atoms with Gasteiger partial charge >= 0.3 is 0 Å². The van der Waals surface area contributed by atoms with Crippen molar-refractivity contribution >= 4 is 17.2 Å². The Hall–Kier alpha value is -1.72. The second-order valence-electron chi connectivity index (χ2n) is 8.90. The monoisotopic (exact) mass is 383 g/mol. The summed E-state index contributed by atoms with van der Waals surface area (Å²) < 4.78 is 0. The summed E-state index contributed by atoms with van der Waals surface area (Å²) in [5.74, 6) is 1.91. The number of rotatable bonds is 5. The fourth-order valence-electron chi connectivity index (χ4n) is 5.10. The molecule has 1 aromatic heterocycles. The fourth-order valence-corrected chi connectivity index (χ4v) is 5.90. The van der Waals surface area contributed by atoms with Crippen LogP contribution in [0.4, 0.5) is 0 Å². The van der Waals surface area contributed by atoms with E-state index in [0.29, 0.717) is 22.9 Å². The molecule has 1 heterocycles. The Morgan fingerprint density at radius 1 is 1.33 bits per heavy atom. The molecule has 0 saturated heterocycles. The van der Waals surface area contributed by atoms with Crippen molar-refractivity contribution < 1.29 is 4.79 Å². The van der Waals surface area contributed by atoms with Gasteiger partial charge in [-0.25, -0.2) is 4.98 Å². The van der Waals surface area contributed by atoms with Gasteiger partial charge in [-0.1, -0.05) is 51.1 Å². The first-order chi connectivity index (χ1) is 12.9. The highest BCUT2D eigenvalue weighted by Gasteiger charge is 2.56. The number of amides is 1. The lowest BCUT2D eigenvalue weighted by molar-refractivity contribution is -0.113. The first kappa shape index (κ1) is 18.6. The van der Waals surface area contributed by atoms with Crippen LogP contribution in [0.3, 0.4) is 0 Å². The number of thiazole rings is 1. The molecule has 1 aromatic carbocycles. The number of benzene rings is 1. The van der Waals surface area contributed by atoms with E-state index in [9.17, 15) is 4.79 Å². The maximum Gasteiger partial charge on any atom is 0.270 e. The van der Waals surface area contributed by atoms with Gasteiger partial charge in [0.2, 0.25) is 0 Å². The summed E-state index contributed by atoms with van der Waals surface area (Å²) in [7, 11) is 0. The summed E-state index contributed by atoms with van der Waals surface area (Å²) in [6.07, 6.45) is 3.13. The van der Waals surface area contributed by atoms with Crippen LogP contribution in [0.25, 0.3) is 0 Å². The van der Waals surface area contributed by atoms with E-state index in [0.717, 1.165) is 23.8 Å². The van der Waals surface area contributed by atoms with E-state index in [4.69, 9.17) is 5.73 Å². The highest BCUT2D eigenvalue weighted by molar-refractivity contribution is 7.09. The summed E-state index contributed by atoms with van der Waals surface area (Å²) in [4.78, 5) is 17.3. The van der Waals surface area contributed by atoms with Crippen LogP contribution in [0, 0.1) is 23.2 Å². The molecule has 0 aliphatic heterocycles. The topological polar surface area (TPSA) is 68.0 Å². The molecule has 3 fully saturated rings. The van der Waals surface area contributed by atoms with Gasteiger partial charge in [-0.05, 0) is 48.0 Å². The minimum Gasteiger partial charge on any atom is -0.348 e. The van der Waals surface area contributed by atoms with Crippen LogP contribution in [0.1, 0.15) is 60.7 Å². The van der Waals surface area contributed by atoms with E-state index in [1.165, 1.54) is 23.3 Å². The molecule has 3 aliphatic carbocycles. The number of carbonyl (C=O) groups excluding carboxylic acids is 1. The van der Waals surface area contributed by atoms with Gasteiger partial charge in [0.15, 0.2) is 0 Å². The molecule has 0 radical (unpaired) electrons. The van der Waals surface area contributed by atoms with Crippen molar-refractivity contribution in [3.05, 3.63) is 52.0 Å². The Kier molecular flexibility index (Phi) is 4.85. The standard InChI is InChI=1S/C22H29N3OS/c1-13-16-10-15(22(16,2)3)11-18(13)24-20(26)19-12-27-21(25-19)17(23)9-14-7-5-4-6-8-14/h4-8,12-13,15-18H,9-11,23H2,1-3H3,(H,24,26). The zero-order valence-corrected chi connectivity index (χ0v) is 17.1. The zero-order chi connectivity index (χ0) is 19.2. The molecule has 144 valence electrons. The van der Waals surface area contributed by atoms with Crippen molar-refractivity contribution in [3.63, 3.8) is 0 Å². The Balaban J connectivity index is 1.38. The molecule has 5 unspecified atom stereocenters. The lowest BCUT2D eigenvalue weighted by atomic mass is 9.45. The molecule has 3 N–H and O–H groups in total. The number of aromatic nitrogens is 1. The number of nitrogens with zero attached hydrogens (tertiary/aromatic N) is 1. The Labute approximate surface area is 165 Å². The highest BCUT2D eigenvalue weighted by atomic mass is 32.1. The summed E-state index contributed by atoms with van der Waals surface area (Å²) >= 11 is 1.48. The van der Waals surface area contributed by atoms with Crippen molar-refractivity contribution in [1.82, 2.24) is 10.3 Å². The second-order valence-corrected chi connectivity index (χ2v) is 9.79.